The molecular weight excluding hydrogens is 692 g/mol. The fourth-order valence-electron chi connectivity index (χ4n) is 8.33. The number of likely N-dealkylation sites (tertiary alicyclic amines) is 2. The predicted octanol–water partition coefficient (Wildman–Crippen LogP) is 10.7. The van der Waals surface area contributed by atoms with Crippen molar-refractivity contribution in [3.05, 3.63) is 142 Å². The molecule has 2 aliphatic carbocycles. The summed E-state index contributed by atoms with van der Waals surface area (Å²) in [5.41, 5.74) is 11.4. The Balaban J connectivity index is 0.000000147. The molecule has 0 amide bonds. The first kappa shape index (κ1) is 31.8. The zero-order valence-corrected chi connectivity index (χ0v) is 30.2. The number of hydrogen-bond donors (Lipinski definition) is 0. The fourth-order valence-corrected chi connectivity index (χ4v) is 9.54. The van der Waals surface area contributed by atoms with E-state index in [0.29, 0.717) is 11.8 Å². The lowest BCUT2D eigenvalue weighted by Gasteiger charge is -2.35. The van der Waals surface area contributed by atoms with Crippen molar-refractivity contribution in [1.29, 1.82) is 0 Å². The molecule has 236 valence electrons. The molecule has 4 aromatic carbocycles. The lowest BCUT2D eigenvalue weighted by atomic mass is 9.74. The van der Waals surface area contributed by atoms with E-state index in [1.54, 1.807) is 0 Å². The predicted molar refractivity (Wildman–Crippen MR) is 203 cm³/mol. The molecule has 4 heteroatoms. The Hall–Kier alpha value is -2.76. The SMILES string of the molecule is CN1CCC(C2c3ccccc3C=C(Br)c3ccccc32)CC1.CN1CCC(C2c3ccccc3C=C(Br)c3ccccc32)CC1. The van der Waals surface area contributed by atoms with Crippen molar-refractivity contribution < 1.29 is 0 Å². The number of benzene rings is 4. The molecule has 4 aliphatic rings. The molecule has 8 rings (SSSR count). The number of piperidine rings is 2. The van der Waals surface area contributed by atoms with E-state index >= 15 is 0 Å². The molecule has 2 unspecified atom stereocenters. The number of rotatable bonds is 2. The van der Waals surface area contributed by atoms with Gasteiger partial charge in [0.1, 0.15) is 0 Å². The zero-order chi connectivity index (χ0) is 31.6. The van der Waals surface area contributed by atoms with Crippen LogP contribution < -0.4 is 0 Å². The molecule has 2 heterocycles. The minimum atomic E-state index is 0.502. The summed E-state index contributed by atoms with van der Waals surface area (Å²) >= 11 is 7.64. The molecule has 0 saturated carbocycles. The molecule has 0 aromatic heterocycles. The summed E-state index contributed by atoms with van der Waals surface area (Å²) in [6.45, 7) is 4.83. The summed E-state index contributed by atoms with van der Waals surface area (Å²) < 4.78 is 2.41. The van der Waals surface area contributed by atoms with Crippen LogP contribution in [0.1, 0.15) is 82.0 Å². The topological polar surface area (TPSA) is 6.48 Å². The Morgan fingerprint density at radius 2 is 0.783 bits per heavy atom. The molecule has 0 N–H and O–H groups in total. The zero-order valence-electron chi connectivity index (χ0n) is 27.0. The van der Waals surface area contributed by atoms with Crippen LogP contribution in [0.2, 0.25) is 0 Å². The molecule has 0 bridgehead atoms. The van der Waals surface area contributed by atoms with Crippen molar-refractivity contribution in [2.24, 2.45) is 11.8 Å². The normalized spacial score (nSPS) is 22.0. The first-order valence-electron chi connectivity index (χ1n) is 17.0. The molecule has 2 atom stereocenters. The lowest BCUT2D eigenvalue weighted by molar-refractivity contribution is 0.207. The van der Waals surface area contributed by atoms with Crippen LogP contribution in [0.25, 0.3) is 21.1 Å². The highest BCUT2D eigenvalue weighted by Crippen LogP contribution is 2.47. The van der Waals surface area contributed by atoms with Crippen molar-refractivity contribution in [3.8, 4) is 0 Å². The van der Waals surface area contributed by atoms with Gasteiger partial charge in [-0.25, -0.2) is 0 Å². The van der Waals surface area contributed by atoms with E-state index in [4.69, 9.17) is 0 Å². The molecular formula is C42H44Br2N2. The van der Waals surface area contributed by atoms with Crippen LogP contribution in [0, 0.1) is 11.8 Å². The van der Waals surface area contributed by atoms with Crippen molar-refractivity contribution in [3.63, 3.8) is 0 Å². The molecule has 2 fully saturated rings. The largest absolute Gasteiger partial charge is 0.306 e. The summed E-state index contributed by atoms with van der Waals surface area (Å²) in [7, 11) is 4.48. The number of hydrogen-bond acceptors (Lipinski definition) is 2. The second-order valence-corrected chi connectivity index (χ2v) is 15.4. The van der Waals surface area contributed by atoms with Crippen molar-refractivity contribution in [2.45, 2.75) is 37.5 Å². The monoisotopic (exact) mass is 734 g/mol. The van der Waals surface area contributed by atoms with Crippen LogP contribution in [0.5, 0.6) is 0 Å². The van der Waals surface area contributed by atoms with E-state index in [-0.39, 0.29) is 0 Å². The highest BCUT2D eigenvalue weighted by molar-refractivity contribution is 9.15. The van der Waals surface area contributed by atoms with Gasteiger partial charge >= 0.3 is 0 Å². The minimum absolute atomic E-state index is 0.502. The summed E-state index contributed by atoms with van der Waals surface area (Å²) in [6.07, 6.45) is 9.71. The summed E-state index contributed by atoms with van der Waals surface area (Å²) in [4.78, 5) is 4.92. The van der Waals surface area contributed by atoms with E-state index in [0.717, 1.165) is 11.8 Å². The molecule has 0 radical (unpaired) electrons. The third-order valence-corrected chi connectivity index (χ3v) is 12.1. The Morgan fingerprint density at radius 3 is 1.17 bits per heavy atom. The van der Waals surface area contributed by atoms with E-state index in [1.165, 1.54) is 105 Å². The van der Waals surface area contributed by atoms with Gasteiger partial charge in [0, 0.05) is 20.8 Å². The third kappa shape index (κ3) is 6.52. The van der Waals surface area contributed by atoms with Gasteiger partial charge in [0.15, 0.2) is 0 Å². The van der Waals surface area contributed by atoms with Crippen molar-refractivity contribution in [1.82, 2.24) is 9.80 Å². The molecule has 0 spiro atoms. The van der Waals surface area contributed by atoms with Crippen LogP contribution in [-0.2, 0) is 0 Å². The smallest absolute Gasteiger partial charge is 0.0256 e. The van der Waals surface area contributed by atoms with Crippen molar-refractivity contribution >= 4 is 53.0 Å². The van der Waals surface area contributed by atoms with Crippen LogP contribution in [0.15, 0.2) is 97.1 Å². The molecule has 2 aliphatic heterocycles. The number of halogens is 2. The van der Waals surface area contributed by atoms with Crippen LogP contribution in [0.3, 0.4) is 0 Å². The summed E-state index contributed by atoms with van der Waals surface area (Å²) in [6, 6.07) is 35.7. The maximum Gasteiger partial charge on any atom is 0.0256 e. The van der Waals surface area contributed by atoms with Crippen LogP contribution in [0.4, 0.5) is 0 Å². The lowest BCUT2D eigenvalue weighted by Crippen LogP contribution is -2.33. The number of fused-ring (bicyclic) bond motifs is 4. The van der Waals surface area contributed by atoms with Crippen LogP contribution in [-0.4, -0.2) is 50.1 Å². The second kappa shape index (κ2) is 14.2. The van der Waals surface area contributed by atoms with E-state index in [1.807, 2.05) is 0 Å². The Labute approximate surface area is 292 Å². The first-order chi connectivity index (χ1) is 22.5. The molecule has 2 saturated heterocycles. The highest BCUT2D eigenvalue weighted by atomic mass is 79.9. The molecule has 4 aromatic rings. The van der Waals surface area contributed by atoms with E-state index < -0.39 is 0 Å². The van der Waals surface area contributed by atoms with Gasteiger partial charge in [0.25, 0.3) is 0 Å². The standard InChI is InChI=1S/2C21H22BrN/c2*1-23-12-10-15(11-13-23)21-17-7-3-2-6-16(17)14-20(22)18-8-4-5-9-19(18)21/h2*2-9,14-15,21H,10-13H2,1H3. The highest BCUT2D eigenvalue weighted by Gasteiger charge is 2.33. The fraction of sp³-hybridized carbons (Fsp3) is 0.333. The van der Waals surface area contributed by atoms with Crippen molar-refractivity contribution in [2.75, 3.05) is 40.3 Å². The van der Waals surface area contributed by atoms with Gasteiger partial charge in [-0.1, -0.05) is 129 Å². The van der Waals surface area contributed by atoms with Gasteiger partial charge in [-0.2, -0.15) is 0 Å². The Morgan fingerprint density at radius 1 is 0.457 bits per heavy atom. The van der Waals surface area contributed by atoms with Gasteiger partial charge in [0.2, 0.25) is 0 Å². The third-order valence-electron chi connectivity index (χ3n) is 10.8. The maximum absolute atomic E-state index is 3.82. The van der Waals surface area contributed by atoms with Gasteiger partial charge in [-0.3, -0.25) is 0 Å². The van der Waals surface area contributed by atoms with E-state index in [2.05, 4.69) is 165 Å². The Kier molecular flexibility index (Phi) is 9.79. The Bertz CT molecular complexity index is 1610. The average Bonchev–Trinajstić information content (AvgIpc) is 3.29. The quantitative estimate of drug-likeness (QED) is 0.202. The van der Waals surface area contributed by atoms with Gasteiger partial charge in [0.05, 0.1) is 0 Å². The number of nitrogens with zero attached hydrogens (tertiary/aromatic N) is 2. The maximum atomic E-state index is 3.82. The van der Waals surface area contributed by atoms with Crippen LogP contribution >= 0.6 is 31.9 Å². The first-order valence-corrected chi connectivity index (χ1v) is 18.5. The molecule has 2 nitrogen and oxygen atoms in total. The summed E-state index contributed by atoms with van der Waals surface area (Å²) in [5, 5.41) is 0. The average molecular weight is 737 g/mol. The molecule has 46 heavy (non-hydrogen) atoms. The van der Waals surface area contributed by atoms with Gasteiger partial charge in [-0.05, 0) is 134 Å². The second-order valence-electron chi connectivity index (χ2n) is 13.7. The van der Waals surface area contributed by atoms with E-state index in [9.17, 15) is 0 Å². The minimum Gasteiger partial charge on any atom is -0.306 e. The summed E-state index contributed by atoms with van der Waals surface area (Å²) in [5.74, 6) is 2.45. The van der Waals surface area contributed by atoms with Gasteiger partial charge in [-0.15, -0.1) is 0 Å². The van der Waals surface area contributed by atoms with Gasteiger partial charge < -0.3 is 9.80 Å².